The molecule has 1 N–H and O–H groups in total. The third kappa shape index (κ3) is 2.26. The molecule has 0 atom stereocenters. The van der Waals surface area contributed by atoms with Crippen LogP contribution >= 0.6 is 0 Å². The monoisotopic (exact) mass is 325 g/mol. The van der Waals surface area contributed by atoms with Gasteiger partial charge in [-0.15, -0.1) is 4.40 Å². The molecule has 2 aliphatic rings. The van der Waals surface area contributed by atoms with E-state index < -0.39 is 20.6 Å². The molecule has 0 amide bonds. The van der Waals surface area contributed by atoms with E-state index in [0.717, 1.165) is 25.5 Å². The fourth-order valence-electron chi connectivity index (χ4n) is 3.27. The van der Waals surface area contributed by atoms with E-state index >= 15 is 0 Å². The summed E-state index contributed by atoms with van der Waals surface area (Å²) in [6.45, 7) is 0. The maximum atomic E-state index is 11.7. The smallest absolute Gasteiger partial charge is 0.342 e. The van der Waals surface area contributed by atoms with Crippen molar-refractivity contribution in [3.8, 4) is 0 Å². The Morgan fingerprint density at radius 1 is 1.36 bits per heavy atom. The number of anilines is 1. The molecule has 1 aromatic rings. The zero-order chi connectivity index (χ0) is 16.0. The Hall–Kier alpha value is -2.00. The molecule has 1 aliphatic heterocycles. The Labute approximate surface area is 127 Å². The number of rotatable bonds is 3. The maximum absolute atomic E-state index is 11.7. The van der Waals surface area contributed by atoms with Gasteiger partial charge in [-0.1, -0.05) is 12.8 Å². The normalized spacial score (nSPS) is 21.0. The summed E-state index contributed by atoms with van der Waals surface area (Å²) >= 11 is 0. The van der Waals surface area contributed by atoms with Gasteiger partial charge in [0, 0.05) is 17.8 Å². The number of amidine groups is 1. The molecule has 118 valence electrons. The van der Waals surface area contributed by atoms with Gasteiger partial charge in [0.25, 0.3) is 5.69 Å². The first kappa shape index (κ1) is 14.9. The Balaban J connectivity index is 2.16. The van der Waals surface area contributed by atoms with Crippen molar-refractivity contribution in [1.29, 1.82) is 0 Å². The number of hydrogen-bond acceptors (Lipinski definition) is 5. The number of nitro groups is 1. The van der Waals surface area contributed by atoms with Gasteiger partial charge in [-0.3, -0.25) is 14.3 Å². The number of nitrogens with one attached hydrogen (secondary N) is 1. The molecule has 22 heavy (non-hydrogen) atoms. The molecule has 0 saturated heterocycles. The summed E-state index contributed by atoms with van der Waals surface area (Å²) in [6.07, 6.45) is 3.23. The second-order valence-electron chi connectivity index (χ2n) is 5.44. The minimum Gasteiger partial charge on any atom is -0.342 e. The van der Waals surface area contributed by atoms with Crippen LogP contribution in [0.15, 0.2) is 22.6 Å². The van der Waals surface area contributed by atoms with Crippen molar-refractivity contribution in [2.75, 3.05) is 12.4 Å². The SMILES string of the molecule is COS(=O)(=O)N=C1Nc2ccc([N+](=O)[O-])cc2C12CCCC2. The molecule has 1 aliphatic carbocycles. The lowest BCUT2D eigenvalue weighted by Crippen LogP contribution is -2.32. The molecular formula is C13H15N3O5S. The zero-order valence-electron chi connectivity index (χ0n) is 11.9. The van der Waals surface area contributed by atoms with Crippen molar-refractivity contribution >= 4 is 27.5 Å². The van der Waals surface area contributed by atoms with Gasteiger partial charge in [0.15, 0.2) is 0 Å². The van der Waals surface area contributed by atoms with E-state index in [4.69, 9.17) is 0 Å². The van der Waals surface area contributed by atoms with Gasteiger partial charge in [0.1, 0.15) is 5.84 Å². The highest BCUT2D eigenvalue weighted by atomic mass is 32.2. The van der Waals surface area contributed by atoms with Gasteiger partial charge < -0.3 is 5.32 Å². The second-order valence-corrected chi connectivity index (χ2v) is 6.81. The van der Waals surface area contributed by atoms with Crippen molar-refractivity contribution in [3.05, 3.63) is 33.9 Å². The Kier molecular flexibility index (Phi) is 3.41. The standard InChI is InChI=1S/C13H15N3O5S/c1-21-22(19,20)15-12-13(6-2-3-7-13)10-8-9(16(17)18)4-5-11(10)14-12/h4-5,8H,2-3,6-7H2,1H3,(H,14,15). The van der Waals surface area contributed by atoms with Crippen LogP contribution in [-0.2, 0) is 19.9 Å². The van der Waals surface area contributed by atoms with Gasteiger partial charge in [0.2, 0.25) is 0 Å². The highest BCUT2D eigenvalue weighted by Crippen LogP contribution is 2.50. The van der Waals surface area contributed by atoms with Crippen molar-refractivity contribution in [1.82, 2.24) is 0 Å². The highest BCUT2D eigenvalue weighted by molar-refractivity contribution is 7.85. The van der Waals surface area contributed by atoms with E-state index in [1.165, 1.54) is 12.1 Å². The first-order chi connectivity index (χ1) is 10.4. The lowest BCUT2D eigenvalue weighted by atomic mass is 9.79. The highest BCUT2D eigenvalue weighted by Gasteiger charge is 2.48. The minimum absolute atomic E-state index is 0.0114. The Bertz CT molecular complexity index is 766. The van der Waals surface area contributed by atoms with Gasteiger partial charge in [-0.25, -0.2) is 0 Å². The fourth-order valence-corrected chi connectivity index (χ4v) is 3.79. The lowest BCUT2D eigenvalue weighted by molar-refractivity contribution is -0.384. The summed E-state index contributed by atoms with van der Waals surface area (Å²) in [5.41, 5.74) is 0.789. The molecule has 1 fully saturated rings. The predicted molar refractivity (Wildman–Crippen MR) is 80.2 cm³/mol. The second kappa shape index (κ2) is 5.03. The van der Waals surface area contributed by atoms with Crippen LogP contribution in [0.3, 0.4) is 0 Å². The van der Waals surface area contributed by atoms with Crippen LogP contribution in [0, 0.1) is 10.1 Å². The van der Waals surface area contributed by atoms with Crippen molar-refractivity contribution in [2.45, 2.75) is 31.1 Å². The molecule has 0 bridgehead atoms. The average molecular weight is 325 g/mol. The zero-order valence-corrected chi connectivity index (χ0v) is 12.7. The van der Waals surface area contributed by atoms with Crippen molar-refractivity contribution in [2.24, 2.45) is 4.40 Å². The van der Waals surface area contributed by atoms with Crippen LogP contribution in [0.1, 0.15) is 31.2 Å². The average Bonchev–Trinajstić information content (AvgIpc) is 3.07. The summed E-state index contributed by atoms with van der Waals surface area (Å²) in [7, 11) is -2.97. The molecule has 0 unspecified atom stereocenters. The van der Waals surface area contributed by atoms with Crippen LogP contribution in [-0.4, -0.2) is 26.3 Å². The van der Waals surface area contributed by atoms with E-state index in [0.29, 0.717) is 24.4 Å². The molecule has 3 rings (SSSR count). The Morgan fingerprint density at radius 3 is 2.64 bits per heavy atom. The lowest BCUT2D eigenvalue weighted by Gasteiger charge is -2.23. The van der Waals surface area contributed by atoms with E-state index in [2.05, 4.69) is 13.9 Å². The molecule has 1 saturated carbocycles. The van der Waals surface area contributed by atoms with Crippen LogP contribution in [0.25, 0.3) is 0 Å². The van der Waals surface area contributed by atoms with Gasteiger partial charge >= 0.3 is 10.3 Å². The maximum Gasteiger partial charge on any atom is 0.382 e. The summed E-state index contributed by atoms with van der Waals surface area (Å²) in [5, 5.41) is 14.0. The molecule has 0 radical (unpaired) electrons. The van der Waals surface area contributed by atoms with Crippen LogP contribution in [0.5, 0.6) is 0 Å². The molecule has 1 spiro atoms. The third-order valence-electron chi connectivity index (χ3n) is 4.31. The van der Waals surface area contributed by atoms with Gasteiger partial charge in [0.05, 0.1) is 17.4 Å². The molecule has 8 nitrogen and oxygen atoms in total. The van der Waals surface area contributed by atoms with Crippen LogP contribution < -0.4 is 5.32 Å². The predicted octanol–water partition coefficient (Wildman–Crippen LogP) is 2.12. The number of nitrogens with zero attached hydrogens (tertiary/aromatic N) is 2. The number of benzene rings is 1. The van der Waals surface area contributed by atoms with Crippen LogP contribution in [0.4, 0.5) is 11.4 Å². The summed E-state index contributed by atoms with van der Waals surface area (Å²) in [6, 6.07) is 4.49. The topological polar surface area (TPSA) is 111 Å². The van der Waals surface area contributed by atoms with Crippen LogP contribution in [0.2, 0.25) is 0 Å². The molecular weight excluding hydrogens is 310 g/mol. The van der Waals surface area contributed by atoms with Crippen molar-refractivity contribution < 1.29 is 17.5 Å². The first-order valence-electron chi connectivity index (χ1n) is 6.85. The van der Waals surface area contributed by atoms with E-state index in [1.807, 2.05) is 0 Å². The van der Waals surface area contributed by atoms with Gasteiger partial charge in [-0.2, -0.15) is 8.42 Å². The molecule has 1 aromatic carbocycles. The number of nitro benzene ring substituents is 1. The summed E-state index contributed by atoms with van der Waals surface area (Å²) in [4.78, 5) is 10.5. The number of non-ortho nitro benzene ring substituents is 1. The summed E-state index contributed by atoms with van der Waals surface area (Å²) in [5.74, 6) is 0.294. The summed E-state index contributed by atoms with van der Waals surface area (Å²) < 4.78 is 31.5. The van der Waals surface area contributed by atoms with E-state index in [9.17, 15) is 18.5 Å². The molecule has 0 aromatic heterocycles. The quantitative estimate of drug-likeness (QED) is 0.673. The molecule has 1 heterocycles. The van der Waals surface area contributed by atoms with Crippen molar-refractivity contribution in [3.63, 3.8) is 0 Å². The number of fused-ring (bicyclic) bond motifs is 2. The molecule has 9 heteroatoms. The van der Waals surface area contributed by atoms with E-state index in [1.54, 1.807) is 6.07 Å². The largest absolute Gasteiger partial charge is 0.382 e. The van der Waals surface area contributed by atoms with E-state index in [-0.39, 0.29) is 5.69 Å². The minimum atomic E-state index is -4.02. The Morgan fingerprint density at radius 2 is 2.05 bits per heavy atom. The third-order valence-corrected chi connectivity index (χ3v) is 5.13. The van der Waals surface area contributed by atoms with Gasteiger partial charge in [-0.05, 0) is 24.5 Å². The first-order valence-corrected chi connectivity index (χ1v) is 8.21. The fraction of sp³-hybridized carbons (Fsp3) is 0.462. The number of hydrogen-bond donors (Lipinski definition) is 1.